The molecule has 1 saturated heterocycles. The summed E-state index contributed by atoms with van der Waals surface area (Å²) in [6, 6.07) is 1.84. The Bertz CT molecular complexity index is 371. The van der Waals surface area contributed by atoms with Crippen molar-refractivity contribution in [2.45, 2.75) is 32.6 Å². The van der Waals surface area contributed by atoms with Gasteiger partial charge in [0.15, 0.2) is 0 Å². The van der Waals surface area contributed by atoms with Crippen molar-refractivity contribution in [3.05, 3.63) is 27.8 Å². The first-order valence-electron chi connectivity index (χ1n) is 5.80. The van der Waals surface area contributed by atoms with Crippen molar-refractivity contribution < 1.29 is 5.11 Å². The van der Waals surface area contributed by atoms with Gasteiger partial charge in [0.25, 0.3) is 0 Å². The summed E-state index contributed by atoms with van der Waals surface area (Å²) < 4.78 is 0. The van der Waals surface area contributed by atoms with Crippen LogP contribution >= 0.6 is 11.6 Å². The number of aryl methyl sites for hydroxylation is 1. The van der Waals surface area contributed by atoms with Crippen molar-refractivity contribution >= 4 is 11.6 Å². The summed E-state index contributed by atoms with van der Waals surface area (Å²) in [5.41, 5.74) is 2.94. The molecule has 16 heavy (non-hydrogen) atoms. The lowest BCUT2D eigenvalue weighted by molar-refractivity contribution is 0.422. The molecule has 0 bridgehead atoms. The number of nitrogens with one attached hydrogen (secondary N) is 1. The Morgan fingerprint density at radius 3 is 2.81 bits per heavy atom. The van der Waals surface area contributed by atoms with Gasteiger partial charge in [-0.15, -0.1) is 0 Å². The first kappa shape index (κ1) is 11.7. The van der Waals surface area contributed by atoms with Crippen LogP contribution < -0.4 is 5.32 Å². The Morgan fingerprint density at radius 1 is 1.44 bits per heavy atom. The number of halogens is 1. The van der Waals surface area contributed by atoms with Crippen LogP contribution in [-0.2, 0) is 0 Å². The van der Waals surface area contributed by atoms with Gasteiger partial charge in [-0.25, -0.2) is 0 Å². The van der Waals surface area contributed by atoms with Crippen molar-refractivity contribution in [3.8, 4) is 5.75 Å². The minimum Gasteiger partial charge on any atom is -0.507 e. The van der Waals surface area contributed by atoms with Crippen LogP contribution in [0.2, 0.25) is 5.02 Å². The Labute approximate surface area is 102 Å². The summed E-state index contributed by atoms with van der Waals surface area (Å²) in [4.78, 5) is 0. The third-order valence-electron chi connectivity index (χ3n) is 3.44. The molecule has 0 amide bonds. The normalized spacial score (nSPS) is 21.1. The predicted molar refractivity (Wildman–Crippen MR) is 67.4 cm³/mol. The van der Waals surface area contributed by atoms with E-state index in [4.69, 9.17) is 11.6 Å². The highest BCUT2D eigenvalue weighted by atomic mass is 35.5. The van der Waals surface area contributed by atoms with Crippen LogP contribution in [0.1, 0.15) is 35.4 Å². The Morgan fingerprint density at radius 2 is 2.19 bits per heavy atom. The second-order valence-corrected chi connectivity index (χ2v) is 5.01. The van der Waals surface area contributed by atoms with Gasteiger partial charge in [-0.05, 0) is 50.4 Å². The summed E-state index contributed by atoms with van der Waals surface area (Å²) in [7, 11) is 0. The highest BCUT2D eigenvalue weighted by Gasteiger charge is 2.22. The zero-order chi connectivity index (χ0) is 11.7. The maximum Gasteiger partial charge on any atom is 0.122 e. The van der Waals surface area contributed by atoms with Gasteiger partial charge in [0, 0.05) is 23.0 Å². The van der Waals surface area contributed by atoms with Crippen LogP contribution in [0.15, 0.2) is 6.07 Å². The summed E-state index contributed by atoms with van der Waals surface area (Å²) in [6.07, 6.45) is 2.29. The summed E-state index contributed by atoms with van der Waals surface area (Å²) in [5.74, 6) is 0.821. The molecule has 2 N–H and O–H groups in total. The number of hydrogen-bond donors (Lipinski definition) is 2. The molecule has 0 saturated carbocycles. The standard InChI is InChI=1S/C13H18ClNO/c1-8-6-11(14)9(2)12(13(8)16)10-4-3-5-15-7-10/h6,10,15-16H,3-5,7H2,1-2H3. The molecule has 1 aromatic carbocycles. The van der Waals surface area contributed by atoms with E-state index in [9.17, 15) is 5.11 Å². The zero-order valence-electron chi connectivity index (χ0n) is 9.81. The Hall–Kier alpha value is -0.730. The number of rotatable bonds is 1. The molecule has 0 aliphatic carbocycles. The van der Waals surface area contributed by atoms with Crippen molar-refractivity contribution in [2.75, 3.05) is 13.1 Å². The quantitative estimate of drug-likeness (QED) is 0.789. The molecule has 2 nitrogen and oxygen atoms in total. The molecule has 1 aliphatic rings. The smallest absolute Gasteiger partial charge is 0.122 e. The van der Waals surface area contributed by atoms with Gasteiger partial charge in [-0.1, -0.05) is 11.6 Å². The number of hydrogen-bond acceptors (Lipinski definition) is 2. The topological polar surface area (TPSA) is 32.3 Å². The number of piperidine rings is 1. The fourth-order valence-electron chi connectivity index (χ4n) is 2.48. The van der Waals surface area contributed by atoms with E-state index in [2.05, 4.69) is 5.32 Å². The van der Waals surface area contributed by atoms with Gasteiger partial charge in [0.05, 0.1) is 0 Å². The van der Waals surface area contributed by atoms with E-state index in [1.165, 1.54) is 0 Å². The molecular weight excluding hydrogens is 222 g/mol. The predicted octanol–water partition coefficient (Wildman–Crippen LogP) is 3.13. The molecular formula is C13H18ClNO. The highest BCUT2D eigenvalue weighted by molar-refractivity contribution is 6.31. The van der Waals surface area contributed by atoms with E-state index in [0.717, 1.165) is 47.6 Å². The molecule has 0 spiro atoms. The van der Waals surface area contributed by atoms with E-state index in [1.807, 2.05) is 19.9 Å². The molecule has 1 atom stereocenters. The molecule has 1 heterocycles. The Kier molecular flexibility index (Phi) is 3.41. The van der Waals surface area contributed by atoms with Crippen LogP contribution in [0.5, 0.6) is 5.75 Å². The highest BCUT2D eigenvalue weighted by Crippen LogP contribution is 2.38. The van der Waals surface area contributed by atoms with E-state index in [1.54, 1.807) is 0 Å². The van der Waals surface area contributed by atoms with Crippen molar-refractivity contribution in [2.24, 2.45) is 0 Å². The van der Waals surface area contributed by atoms with Crippen LogP contribution in [0.3, 0.4) is 0 Å². The lowest BCUT2D eigenvalue weighted by atomic mass is 9.87. The molecule has 1 aromatic rings. The van der Waals surface area contributed by atoms with Crippen molar-refractivity contribution in [1.29, 1.82) is 0 Å². The summed E-state index contributed by atoms with van der Waals surface area (Å²) in [6.45, 7) is 5.91. The molecule has 3 heteroatoms. The fourth-order valence-corrected chi connectivity index (χ4v) is 2.75. The Balaban J connectivity index is 2.45. The second kappa shape index (κ2) is 4.64. The number of benzene rings is 1. The maximum absolute atomic E-state index is 10.2. The van der Waals surface area contributed by atoms with Crippen LogP contribution in [0, 0.1) is 13.8 Å². The van der Waals surface area contributed by atoms with E-state index < -0.39 is 0 Å². The first-order valence-corrected chi connectivity index (χ1v) is 6.18. The minimum absolute atomic E-state index is 0.395. The van der Waals surface area contributed by atoms with Gasteiger partial charge in [-0.2, -0.15) is 0 Å². The van der Waals surface area contributed by atoms with E-state index >= 15 is 0 Å². The van der Waals surface area contributed by atoms with Crippen LogP contribution in [0.25, 0.3) is 0 Å². The molecule has 0 radical (unpaired) electrons. The third kappa shape index (κ3) is 2.04. The number of phenols is 1. The lowest BCUT2D eigenvalue weighted by Gasteiger charge is -2.26. The number of phenolic OH excluding ortho intramolecular Hbond substituents is 1. The second-order valence-electron chi connectivity index (χ2n) is 4.61. The minimum atomic E-state index is 0.395. The van der Waals surface area contributed by atoms with Crippen LogP contribution in [-0.4, -0.2) is 18.2 Å². The van der Waals surface area contributed by atoms with Gasteiger partial charge in [0.1, 0.15) is 5.75 Å². The third-order valence-corrected chi connectivity index (χ3v) is 3.83. The summed E-state index contributed by atoms with van der Waals surface area (Å²) >= 11 is 6.18. The SMILES string of the molecule is Cc1cc(Cl)c(C)c(C2CCCNC2)c1O. The average Bonchev–Trinajstić information content (AvgIpc) is 2.28. The molecule has 1 fully saturated rings. The molecule has 1 aliphatic heterocycles. The summed E-state index contributed by atoms with van der Waals surface area (Å²) in [5, 5.41) is 14.3. The van der Waals surface area contributed by atoms with Gasteiger partial charge in [-0.3, -0.25) is 0 Å². The number of aromatic hydroxyl groups is 1. The van der Waals surface area contributed by atoms with Crippen molar-refractivity contribution in [3.63, 3.8) is 0 Å². The molecule has 1 unspecified atom stereocenters. The lowest BCUT2D eigenvalue weighted by Crippen LogP contribution is -2.28. The molecule has 2 rings (SSSR count). The zero-order valence-corrected chi connectivity index (χ0v) is 10.6. The van der Waals surface area contributed by atoms with Gasteiger partial charge < -0.3 is 10.4 Å². The van der Waals surface area contributed by atoms with Gasteiger partial charge in [0.2, 0.25) is 0 Å². The molecule has 88 valence electrons. The average molecular weight is 240 g/mol. The van der Waals surface area contributed by atoms with Crippen LogP contribution in [0.4, 0.5) is 0 Å². The fraction of sp³-hybridized carbons (Fsp3) is 0.538. The van der Waals surface area contributed by atoms with E-state index in [0.29, 0.717) is 11.7 Å². The molecule has 0 aromatic heterocycles. The monoisotopic (exact) mass is 239 g/mol. The first-order chi connectivity index (χ1) is 7.61. The van der Waals surface area contributed by atoms with Gasteiger partial charge >= 0.3 is 0 Å². The van der Waals surface area contributed by atoms with E-state index in [-0.39, 0.29) is 0 Å². The van der Waals surface area contributed by atoms with Crippen molar-refractivity contribution in [1.82, 2.24) is 5.32 Å². The maximum atomic E-state index is 10.2. The largest absolute Gasteiger partial charge is 0.507 e.